The summed E-state index contributed by atoms with van der Waals surface area (Å²) in [5, 5.41) is 4.90. The molecule has 2 N–H and O–H groups in total. The lowest BCUT2D eigenvalue weighted by Crippen LogP contribution is -2.30. The Hall–Kier alpha value is -3.68. The van der Waals surface area contributed by atoms with Gasteiger partial charge in [0.15, 0.2) is 5.78 Å². The Labute approximate surface area is 148 Å². The molecule has 0 aromatic carbocycles. The molecule has 2 heterocycles. The molecule has 0 unspecified atom stereocenters. The highest BCUT2D eigenvalue weighted by Gasteiger charge is 2.28. The average molecular weight is 350 g/mol. The van der Waals surface area contributed by atoms with Crippen molar-refractivity contribution in [1.82, 2.24) is 15.3 Å². The predicted molar refractivity (Wildman–Crippen MR) is 92.3 cm³/mol. The van der Waals surface area contributed by atoms with Crippen molar-refractivity contribution in [3.63, 3.8) is 0 Å². The van der Waals surface area contributed by atoms with E-state index < -0.39 is 17.5 Å². The minimum Gasteiger partial charge on any atom is -0.323 e. The molecule has 0 aliphatic heterocycles. The average Bonchev–Trinajstić information content (AvgIpc) is 2.59. The van der Waals surface area contributed by atoms with Crippen molar-refractivity contribution in [3.05, 3.63) is 53.5 Å². The minimum absolute atomic E-state index is 0.0234. The quantitative estimate of drug-likeness (QED) is 0.866. The van der Waals surface area contributed by atoms with Crippen LogP contribution in [0, 0.1) is 0 Å². The molecule has 0 bridgehead atoms. The van der Waals surface area contributed by atoms with E-state index in [1.165, 1.54) is 26.1 Å². The lowest BCUT2D eigenvalue weighted by Gasteiger charge is -2.15. The molecular weight excluding hydrogens is 336 g/mol. The Kier molecular flexibility index (Phi) is 4.40. The monoisotopic (exact) mass is 350 g/mol. The van der Waals surface area contributed by atoms with E-state index in [9.17, 15) is 19.2 Å². The number of ketones is 2. The lowest BCUT2D eigenvalue weighted by molar-refractivity contribution is -0.118. The molecule has 3 rings (SSSR count). The summed E-state index contributed by atoms with van der Waals surface area (Å²) >= 11 is 0. The first-order valence-electron chi connectivity index (χ1n) is 7.68. The fourth-order valence-corrected chi connectivity index (χ4v) is 2.48. The van der Waals surface area contributed by atoms with Crippen LogP contribution in [0.2, 0.25) is 0 Å². The second-order valence-corrected chi connectivity index (χ2v) is 5.64. The molecule has 1 aliphatic carbocycles. The molecule has 0 fully saturated rings. The van der Waals surface area contributed by atoms with Gasteiger partial charge < -0.3 is 10.6 Å². The van der Waals surface area contributed by atoms with Gasteiger partial charge in [0.05, 0.1) is 17.0 Å². The number of aromatic nitrogens is 2. The summed E-state index contributed by atoms with van der Waals surface area (Å²) in [7, 11) is 0. The lowest BCUT2D eigenvalue weighted by atomic mass is 9.96. The van der Waals surface area contributed by atoms with Crippen LogP contribution in [-0.4, -0.2) is 33.3 Å². The maximum atomic E-state index is 12.5. The van der Waals surface area contributed by atoms with E-state index in [1.54, 1.807) is 18.2 Å². The second kappa shape index (κ2) is 6.67. The van der Waals surface area contributed by atoms with Gasteiger partial charge in [-0.25, -0.2) is 9.97 Å². The number of pyridine rings is 2. The van der Waals surface area contributed by atoms with E-state index >= 15 is 0 Å². The molecule has 2 amide bonds. The maximum Gasteiger partial charge on any atom is 0.228 e. The van der Waals surface area contributed by atoms with Crippen LogP contribution in [0.3, 0.4) is 0 Å². The molecule has 2 aromatic heterocycles. The van der Waals surface area contributed by atoms with E-state index in [0.29, 0.717) is 17.1 Å². The summed E-state index contributed by atoms with van der Waals surface area (Å²) in [4.78, 5) is 55.3. The van der Waals surface area contributed by atoms with Crippen molar-refractivity contribution in [2.24, 2.45) is 0 Å². The van der Waals surface area contributed by atoms with Crippen LogP contribution in [-0.2, 0) is 9.59 Å². The zero-order valence-electron chi connectivity index (χ0n) is 14.0. The van der Waals surface area contributed by atoms with Gasteiger partial charge in [-0.1, -0.05) is 0 Å². The maximum absolute atomic E-state index is 12.5. The summed E-state index contributed by atoms with van der Waals surface area (Å²) in [6.07, 6.45) is 2.59. The Morgan fingerprint density at radius 1 is 0.962 bits per heavy atom. The van der Waals surface area contributed by atoms with E-state index in [1.807, 2.05) is 0 Å². The Bertz CT molecular complexity index is 977. The Morgan fingerprint density at radius 3 is 2.31 bits per heavy atom. The zero-order chi connectivity index (χ0) is 18.8. The standard InChI is InChI=1S/C18H14N4O4/c1-9(23)20-14-7-15(25)12-4-5-13(22-17(12)18(14)26)11-3-6-16(19-8-11)21-10(2)24/h3-8H,1-2H3,(H,20,23)(H,19,21,24). The highest BCUT2D eigenvalue weighted by molar-refractivity contribution is 6.24. The summed E-state index contributed by atoms with van der Waals surface area (Å²) in [5.74, 6) is -1.23. The Morgan fingerprint density at radius 2 is 1.69 bits per heavy atom. The minimum atomic E-state index is -0.528. The van der Waals surface area contributed by atoms with Gasteiger partial charge in [-0.05, 0) is 24.3 Å². The van der Waals surface area contributed by atoms with Gasteiger partial charge in [0.25, 0.3) is 0 Å². The van der Waals surface area contributed by atoms with Crippen LogP contribution >= 0.6 is 0 Å². The highest BCUT2D eigenvalue weighted by atomic mass is 16.2. The first-order valence-corrected chi connectivity index (χ1v) is 7.68. The first-order chi connectivity index (χ1) is 12.3. The van der Waals surface area contributed by atoms with Crippen molar-refractivity contribution in [1.29, 1.82) is 0 Å². The number of amides is 2. The number of anilines is 1. The van der Waals surface area contributed by atoms with E-state index in [-0.39, 0.29) is 22.9 Å². The van der Waals surface area contributed by atoms with Gasteiger partial charge in [-0.2, -0.15) is 0 Å². The van der Waals surface area contributed by atoms with Gasteiger partial charge in [-0.15, -0.1) is 0 Å². The van der Waals surface area contributed by atoms with E-state index in [4.69, 9.17) is 0 Å². The fourth-order valence-electron chi connectivity index (χ4n) is 2.48. The molecule has 0 atom stereocenters. The smallest absolute Gasteiger partial charge is 0.228 e. The number of Topliss-reactive ketones (excluding diaryl/α,β-unsaturated/α-hetero) is 1. The predicted octanol–water partition coefficient (Wildman–Crippen LogP) is 1.50. The van der Waals surface area contributed by atoms with Crippen molar-refractivity contribution in [2.45, 2.75) is 13.8 Å². The van der Waals surface area contributed by atoms with Crippen molar-refractivity contribution < 1.29 is 19.2 Å². The molecule has 0 spiro atoms. The van der Waals surface area contributed by atoms with Crippen LogP contribution in [0.25, 0.3) is 11.3 Å². The van der Waals surface area contributed by atoms with Crippen LogP contribution < -0.4 is 10.6 Å². The molecule has 8 heteroatoms. The number of allylic oxidation sites excluding steroid dienone is 2. The number of rotatable bonds is 3. The number of hydrogen-bond acceptors (Lipinski definition) is 6. The summed E-state index contributed by atoms with van der Waals surface area (Å²) in [5.41, 5.74) is 1.10. The molecule has 26 heavy (non-hydrogen) atoms. The third-order valence-corrected chi connectivity index (χ3v) is 3.57. The van der Waals surface area contributed by atoms with Crippen LogP contribution in [0.1, 0.15) is 34.7 Å². The third kappa shape index (κ3) is 3.39. The van der Waals surface area contributed by atoms with Crippen LogP contribution in [0.15, 0.2) is 42.2 Å². The number of fused-ring (bicyclic) bond motifs is 1. The summed E-state index contributed by atoms with van der Waals surface area (Å²) in [6.45, 7) is 2.63. The van der Waals surface area contributed by atoms with Gasteiger partial charge in [-0.3, -0.25) is 19.2 Å². The summed E-state index contributed by atoms with van der Waals surface area (Å²) < 4.78 is 0. The molecule has 0 saturated heterocycles. The first kappa shape index (κ1) is 17.2. The third-order valence-electron chi connectivity index (χ3n) is 3.57. The normalized spacial score (nSPS) is 12.9. The fraction of sp³-hybridized carbons (Fsp3) is 0.111. The second-order valence-electron chi connectivity index (χ2n) is 5.64. The van der Waals surface area contributed by atoms with Crippen molar-refractivity contribution in [2.75, 3.05) is 5.32 Å². The van der Waals surface area contributed by atoms with E-state index in [2.05, 4.69) is 20.6 Å². The van der Waals surface area contributed by atoms with Crippen LogP contribution in [0.4, 0.5) is 5.82 Å². The van der Waals surface area contributed by atoms with Gasteiger partial charge >= 0.3 is 0 Å². The van der Waals surface area contributed by atoms with Gasteiger partial charge in [0, 0.05) is 31.7 Å². The van der Waals surface area contributed by atoms with Crippen molar-refractivity contribution in [3.8, 4) is 11.3 Å². The van der Waals surface area contributed by atoms with Crippen molar-refractivity contribution >= 4 is 29.2 Å². The number of nitrogens with zero attached hydrogens (tertiary/aromatic N) is 2. The SMILES string of the molecule is CC(=O)NC1=CC(=O)c2ccc(-c3ccc(NC(C)=O)nc3)nc2C1=O. The zero-order valence-corrected chi connectivity index (χ0v) is 14.0. The number of carbonyl (C=O) groups is 4. The van der Waals surface area contributed by atoms with Gasteiger partial charge in [0.2, 0.25) is 17.6 Å². The molecule has 130 valence electrons. The molecule has 8 nitrogen and oxygen atoms in total. The molecular formula is C18H14N4O4. The number of carbonyl (C=O) groups excluding carboxylic acids is 4. The number of hydrogen-bond donors (Lipinski definition) is 2. The number of nitrogens with one attached hydrogen (secondary N) is 2. The molecule has 0 saturated carbocycles. The topological polar surface area (TPSA) is 118 Å². The Balaban J connectivity index is 1.96. The largest absolute Gasteiger partial charge is 0.323 e. The molecule has 0 radical (unpaired) electrons. The highest BCUT2D eigenvalue weighted by Crippen LogP contribution is 2.24. The van der Waals surface area contributed by atoms with Crippen LogP contribution in [0.5, 0.6) is 0 Å². The van der Waals surface area contributed by atoms with Gasteiger partial charge in [0.1, 0.15) is 11.5 Å². The molecule has 2 aromatic rings. The summed E-state index contributed by atoms with van der Waals surface area (Å²) in [6, 6.07) is 6.41. The molecule has 1 aliphatic rings. The van der Waals surface area contributed by atoms with E-state index in [0.717, 1.165) is 6.08 Å².